The lowest BCUT2D eigenvalue weighted by molar-refractivity contribution is -0.127. The first-order valence-corrected chi connectivity index (χ1v) is 7.54. The van der Waals surface area contributed by atoms with Gasteiger partial charge in [0.2, 0.25) is 5.91 Å². The Labute approximate surface area is 119 Å². The Morgan fingerprint density at radius 2 is 1.58 bits per heavy atom. The zero-order valence-corrected chi connectivity index (χ0v) is 14.2. The maximum Gasteiger partial charge on any atom is 0.223 e. The second-order valence-electron chi connectivity index (χ2n) is 7.33. The fourth-order valence-electron chi connectivity index (χ4n) is 2.48. The number of amides is 1. The van der Waals surface area contributed by atoms with E-state index in [4.69, 9.17) is 0 Å². The van der Waals surface area contributed by atoms with E-state index in [0.717, 1.165) is 19.3 Å². The molecule has 0 aliphatic carbocycles. The zero-order chi connectivity index (χ0) is 15.3. The highest BCUT2D eigenvalue weighted by atomic mass is 16.2. The fourth-order valence-corrected chi connectivity index (χ4v) is 2.48. The van der Waals surface area contributed by atoms with Crippen LogP contribution in [0.5, 0.6) is 0 Å². The molecule has 2 atom stereocenters. The molecule has 0 heterocycles. The van der Waals surface area contributed by atoms with E-state index in [1.807, 2.05) is 14.0 Å². The molecule has 0 bridgehead atoms. The molecule has 1 amide bonds. The van der Waals surface area contributed by atoms with Crippen LogP contribution in [0.4, 0.5) is 0 Å². The van der Waals surface area contributed by atoms with E-state index >= 15 is 0 Å². The SMILES string of the molecule is CCC(C)CC(C)(C)NC(=O)C(C)CC(C)(C)NC. The molecular formula is C16H34N2O. The maximum absolute atomic E-state index is 12.3. The van der Waals surface area contributed by atoms with E-state index in [1.165, 1.54) is 0 Å². The first-order valence-electron chi connectivity index (χ1n) is 7.54. The molecule has 0 saturated carbocycles. The van der Waals surface area contributed by atoms with Crippen LogP contribution in [0, 0.1) is 11.8 Å². The van der Waals surface area contributed by atoms with Crippen LogP contribution in [0.15, 0.2) is 0 Å². The Bertz CT molecular complexity index is 284. The average molecular weight is 270 g/mol. The minimum atomic E-state index is -0.120. The van der Waals surface area contributed by atoms with Crippen LogP contribution in [0.25, 0.3) is 0 Å². The summed E-state index contributed by atoms with van der Waals surface area (Å²) in [4.78, 5) is 12.3. The van der Waals surface area contributed by atoms with Crippen molar-refractivity contribution >= 4 is 5.91 Å². The van der Waals surface area contributed by atoms with Gasteiger partial charge in [-0.25, -0.2) is 0 Å². The molecule has 2 N–H and O–H groups in total. The van der Waals surface area contributed by atoms with Gasteiger partial charge >= 0.3 is 0 Å². The van der Waals surface area contributed by atoms with E-state index in [2.05, 4.69) is 52.2 Å². The second kappa shape index (κ2) is 7.28. The highest BCUT2D eigenvalue weighted by Crippen LogP contribution is 2.21. The van der Waals surface area contributed by atoms with Crippen molar-refractivity contribution in [2.75, 3.05) is 7.05 Å². The lowest BCUT2D eigenvalue weighted by Crippen LogP contribution is -2.48. The molecule has 0 radical (unpaired) electrons. The molecule has 3 heteroatoms. The highest BCUT2D eigenvalue weighted by Gasteiger charge is 2.28. The summed E-state index contributed by atoms with van der Waals surface area (Å²) >= 11 is 0. The Hall–Kier alpha value is -0.570. The van der Waals surface area contributed by atoms with Crippen LogP contribution in [0.3, 0.4) is 0 Å². The maximum atomic E-state index is 12.3. The molecule has 3 nitrogen and oxygen atoms in total. The van der Waals surface area contributed by atoms with Crippen molar-refractivity contribution in [1.29, 1.82) is 0 Å². The van der Waals surface area contributed by atoms with Crippen molar-refractivity contribution < 1.29 is 4.79 Å². The zero-order valence-electron chi connectivity index (χ0n) is 14.2. The number of carbonyl (C=O) groups is 1. The van der Waals surface area contributed by atoms with Crippen molar-refractivity contribution in [2.45, 2.75) is 78.8 Å². The second-order valence-corrected chi connectivity index (χ2v) is 7.33. The topological polar surface area (TPSA) is 41.1 Å². The molecule has 0 saturated heterocycles. The van der Waals surface area contributed by atoms with Crippen molar-refractivity contribution in [2.24, 2.45) is 11.8 Å². The van der Waals surface area contributed by atoms with E-state index in [9.17, 15) is 4.79 Å². The predicted octanol–water partition coefficient (Wildman–Crippen LogP) is 3.34. The third kappa shape index (κ3) is 7.56. The monoisotopic (exact) mass is 270 g/mol. The van der Waals surface area contributed by atoms with Gasteiger partial charge in [0.05, 0.1) is 0 Å². The summed E-state index contributed by atoms with van der Waals surface area (Å²) in [5.74, 6) is 0.828. The lowest BCUT2D eigenvalue weighted by atomic mass is 9.87. The summed E-state index contributed by atoms with van der Waals surface area (Å²) in [7, 11) is 1.94. The summed E-state index contributed by atoms with van der Waals surface area (Å²) in [6, 6.07) is 0. The van der Waals surface area contributed by atoms with E-state index in [-0.39, 0.29) is 22.9 Å². The van der Waals surface area contributed by atoms with Crippen LogP contribution in [-0.2, 0) is 4.79 Å². The van der Waals surface area contributed by atoms with Gasteiger partial charge in [-0.15, -0.1) is 0 Å². The Balaban J connectivity index is 4.43. The smallest absolute Gasteiger partial charge is 0.223 e. The molecule has 0 aromatic rings. The van der Waals surface area contributed by atoms with Crippen molar-refractivity contribution in [1.82, 2.24) is 10.6 Å². The summed E-state index contributed by atoms with van der Waals surface area (Å²) in [6.07, 6.45) is 3.02. The van der Waals surface area contributed by atoms with Gasteiger partial charge in [-0.3, -0.25) is 4.79 Å². The molecule has 0 fully saturated rings. The quantitative estimate of drug-likeness (QED) is 0.710. The third-order valence-corrected chi connectivity index (χ3v) is 3.96. The van der Waals surface area contributed by atoms with Crippen LogP contribution in [0.2, 0.25) is 0 Å². The largest absolute Gasteiger partial charge is 0.351 e. The minimum Gasteiger partial charge on any atom is -0.351 e. The molecule has 0 aromatic carbocycles. The minimum absolute atomic E-state index is 0.00237. The Morgan fingerprint density at radius 3 is 2.00 bits per heavy atom. The summed E-state index contributed by atoms with van der Waals surface area (Å²) in [5.41, 5.74) is -0.123. The molecule has 0 aliphatic heterocycles. The average Bonchev–Trinajstić information content (AvgIpc) is 2.26. The molecule has 0 aliphatic rings. The van der Waals surface area contributed by atoms with Crippen molar-refractivity contribution in [3.63, 3.8) is 0 Å². The summed E-state index contributed by atoms with van der Waals surface area (Å²) < 4.78 is 0. The summed E-state index contributed by atoms with van der Waals surface area (Å²) in [6.45, 7) is 14.9. The normalized spacial score (nSPS) is 16.0. The van der Waals surface area contributed by atoms with Gasteiger partial charge in [0.25, 0.3) is 0 Å². The van der Waals surface area contributed by atoms with Gasteiger partial charge in [0.1, 0.15) is 0 Å². The Kier molecular flexibility index (Phi) is 7.06. The summed E-state index contributed by atoms with van der Waals surface area (Å²) in [5, 5.41) is 6.45. The van der Waals surface area contributed by atoms with Crippen LogP contribution in [0.1, 0.15) is 67.7 Å². The van der Waals surface area contributed by atoms with Crippen molar-refractivity contribution in [3.05, 3.63) is 0 Å². The van der Waals surface area contributed by atoms with Crippen LogP contribution < -0.4 is 10.6 Å². The van der Waals surface area contributed by atoms with E-state index in [0.29, 0.717) is 5.92 Å². The molecule has 2 unspecified atom stereocenters. The number of carbonyl (C=O) groups excluding carboxylic acids is 1. The first-order chi connectivity index (χ1) is 8.53. The molecule has 0 rings (SSSR count). The predicted molar refractivity (Wildman–Crippen MR) is 83.2 cm³/mol. The third-order valence-electron chi connectivity index (χ3n) is 3.96. The number of hydrogen-bond donors (Lipinski definition) is 2. The standard InChI is InChI=1S/C16H34N2O/c1-9-12(2)10-16(6,7)18-14(19)13(3)11-15(4,5)17-8/h12-13,17H,9-11H2,1-8H3,(H,18,19). The van der Waals surface area contributed by atoms with E-state index < -0.39 is 0 Å². The Morgan fingerprint density at radius 1 is 1.05 bits per heavy atom. The van der Waals surface area contributed by atoms with Gasteiger partial charge in [-0.05, 0) is 53.5 Å². The first kappa shape index (κ1) is 18.4. The van der Waals surface area contributed by atoms with Gasteiger partial charge in [-0.2, -0.15) is 0 Å². The van der Waals surface area contributed by atoms with E-state index in [1.54, 1.807) is 0 Å². The highest BCUT2D eigenvalue weighted by molar-refractivity contribution is 5.79. The number of nitrogens with one attached hydrogen (secondary N) is 2. The van der Waals surface area contributed by atoms with Gasteiger partial charge in [0.15, 0.2) is 0 Å². The van der Waals surface area contributed by atoms with Gasteiger partial charge in [0, 0.05) is 17.0 Å². The molecule has 0 aromatic heterocycles. The number of rotatable bonds is 8. The molecular weight excluding hydrogens is 236 g/mol. The fraction of sp³-hybridized carbons (Fsp3) is 0.938. The van der Waals surface area contributed by atoms with Crippen molar-refractivity contribution in [3.8, 4) is 0 Å². The lowest BCUT2D eigenvalue weighted by Gasteiger charge is -2.32. The molecule has 19 heavy (non-hydrogen) atoms. The molecule has 0 spiro atoms. The van der Waals surface area contributed by atoms with Crippen LogP contribution in [-0.4, -0.2) is 24.0 Å². The van der Waals surface area contributed by atoms with Gasteiger partial charge < -0.3 is 10.6 Å². The van der Waals surface area contributed by atoms with Crippen LogP contribution >= 0.6 is 0 Å². The van der Waals surface area contributed by atoms with Gasteiger partial charge in [-0.1, -0.05) is 27.2 Å². The molecule has 114 valence electrons. The number of hydrogen-bond acceptors (Lipinski definition) is 2.